The molecule has 0 aliphatic carbocycles. The summed E-state index contributed by atoms with van der Waals surface area (Å²) in [5, 5.41) is 5.27. The van der Waals surface area contributed by atoms with Crippen LogP contribution in [-0.4, -0.2) is 59.2 Å². The van der Waals surface area contributed by atoms with Crippen LogP contribution in [0.1, 0.15) is 35.4 Å². The molecule has 0 spiro atoms. The monoisotopic (exact) mass is 531 g/mol. The van der Waals surface area contributed by atoms with Gasteiger partial charge in [0.1, 0.15) is 5.82 Å². The molecule has 0 radical (unpaired) electrons. The van der Waals surface area contributed by atoms with Crippen molar-refractivity contribution in [2.24, 2.45) is 0 Å². The fourth-order valence-electron chi connectivity index (χ4n) is 4.39. The van der Waals surface area contributed by atoms with Crippen LogP contribution in [0.5, 0.6) is 0 Å². The lowest BCUT2D eigenvalue weighted by Gasteiger charge is -2.27. The number of rotatable bonds is 8. The first-order chi connectivity index (χ1) is 18.2. The molecule has 2 aromatic carbocycles. The van der Waals surface area contributed by atoms with Gasteiger partial charge in [0, 0.05) is 24.0 Å². The van der Waals surface area contributed by atoms with E-state index >= 15 is 0 Å². The number of amides is 2. The number of hydrogen-bond acceptors (Lipinski definition) is 6. The van der Waals surface area contributed by atoms with Crippen LogP contribution in [0.3, 0.4) is 0 Å². The molecule has 0 saturated carbocycles. The first-order valence-electron chi connectivity index (χ1n) is 12.2. The third-order valence-corrected chi connectivity index (χ3v) is 6.26. The van der Waals surface area contributed by atoms with Gasteiger partial charge in [0.05, 0.1) is 30.6 Å². The predicted octanol–water partition coefficient (Wildman–Crippen LogP) is 4.42. The van der Waals surface area contributed by atoms with Gasteiger partial charge in [-0.25, -0.2) is 9.78 Å². The number of nitrogens with zero attached hydrogens (tertiary/aromatic N) is 3. The summed E-state index contributed by atoms with van der Waals surface area (Å²) in [5.74, 6) is -1.36. The zero-order valence-electron chi connectivity index (χ0n) is 20.8. The van der Waals surface area contributed by atoms with Crippen molar-refractivity contribution in [3.8, 4) is 0 Å². The normalized spacial score (nSPS) is 14.4. The number of aromatic nitrogens is 2. The highest BCUT2D eigenvalue weighted by Crippen LogP contribution is 2.23. The Morgan fingerprint density at radius 1 is 1.03 bits per heavy atom. The minimum Gasteiger partial charge on any atom is -0.383 e. The van der Waals surface area contributed by atoms with Crippen molar-refractivity contribution >= 4 is 34.1 Å². The molecule has 0 bridgehead atoms. The highest BCUT2D eigenvalue weighted by Gasteiger charge is 2.39. The Balaban J connectivity index is 1.55. The molecule has 38 heavy (non-hydrogen) atoms. The van der Waals surface area contributed by atoms with Gasteiger partial charge in [-0.1, -0.05) is 18.6 Å². The van der Waals surface area contributed by atoms with Gasteiger partial charge in [-0.3, -0.25) is 19.1 Å². The molecule has 4 rings (SSSR count). The van der Waals surface area contributed by atoms with Crippen LogP contribution in [0, 0.1) is 0 Å². The lowest BCUT2D eigenvalue weighted by molar-refractivity contribution is -0.0885. The molecule has 1 aliphatic heterocycles. The highest BCUT2D eigenvalue weighted by molar-refractivity contribution is 6.04. The van der Waals surface area contributed by atoms with Crippen LogP contribution in [0.4, 0.5) is 29.3 Å². The Hall–Kier alpha value is -3.77. The van der Waals surface area contributed by atoms with Crippen LogP contribution in [0.15, 0.2) is 47.3 Å². The summed E-state index contributed by atoms with van der Waals surface area (Å²) in [6.07, 6.45) is -1.62. The third kappa shape index (κ3) is 6.56. The SMILES string of the molecule is COCCn1c(CN2CCCCC2)nc2ccc(NC(=O)Nc3cccc(C(=O)C(F)(F)F)c3)cc2c1=O. The summed E-state index contributed by atoms with van der Waals surface area (Å²) in [7, 11) is 1.55. The Kier molecular flexibility index (Phi) is 8.42. The summed E-state index contributed by atoms with van der Waals surface area (Å²) >= 11 is 0. The van der Waals surface area contributed by atoms with Gasteiger partial charge < -0.3 is 15.4 Å². The number of alkyl halides is 3. The average Bonchev–Trinajstić information content (AvgIpc) is 2.88. The summed E-state index contributed by atoms with van der Waals surface area (Å²) < 4.78 is 44.9. The van der Waals surface area contributed by atoms with E-state index in [4.69, 9.17) is 9.72 Å². The number of carbonyl (C=O) groups excluding carboxylic acids is 2. The molecule has 12 heteroatoms. The third-order valence-electron chi connectivity index (χ3n) is 6.26. The van der Waals surface area contributed by atoms with Crippen molar-refractivity contribution in [1.29, 1.82) is 0 Å². The van der Waals surface area contributed by atoms with Gasteiger partial charge >= 0.3 is 12.2 Å². The molecule has 1 aliphatic rings. The number of fused-ring (bicyclic) bond motifs is 1. The molecular formula is C26H28F3N5O4. The van der Waals surface area contributed by atoms with Gasteiger partial charge in [-0.05, 0) is 56.3 Å². The number of hydrogen-bond donors (Lipinski definition) is 2. The Bertz CT molecular complexity index is 1380. The molecule has 9 nitrogen and oxygen atoms in total. The fraction of sp³-hybridized carbons (Fsp3) is 0.385. The summed E-state index contributed by atoms with van der Waals surface area (Å²) in [4.78, 5) is 44.4. The van der Waals surface area contributed by atoms with Gasteiger partial charge in [0.15, 0.2) is 0 Å². The maximum atomic E-state index is 13.4. The van der Waals surface area contributed by atoms with E-state index in [0.29, 0.717) is 42.1 Å². The number of methoxy groups -OCH3 is 1. The van der Waals surface area contributed by atoms with Gasteiger partial charge in [0.2, 0.25) is 0 Å². The summed E-state index contributed by atoms with van der Waals surface area (Å²) in [6.45, 7) is 3.10. The number of piperidine rings is 1. The number of halogens is 3. The van der Waals surface area contributed by atoms with Crippen LogP contribution in [0.2, 0.25) is 0 Å². The Morgan fingerprint density at radius 3 is 2.42 bits per heavy atom. The predicted molar refractivity (Wildman–Crippen MR) is 136 cm³/mol. The van der Waals surface area contributed by atoms with Crippen LogP contribution < -0.4 is 16.2 Å². The standard InChI is InChI=1S/C26H28F3N5O4/c1-38-13-12-34-22(16-33-10-3-2-4-11-33)32-21-9-8-19(15-20(21)24(34)36)31-25(37)30-18-7-5-6-17(14-18)23(35)26(27,28)29/h5-9,14-15H,2-4,10-13,16H2,1H3,(H2,30,31,37). The van der Waals surface area contributed by atoms with E-state index in [1.54, 1.807) is 23.8 Å². The van der Waals surface area contributed by atoms with Crippen molar-refractivity contribution in [2.75, 3.05) is 37.4 Å². The molecule has 0 unspecified atom stereocenters. The second-order valence-electron chi connectivity index (χ2n) is 9.03. The van der Waals surface area contributed by atoms with Crippen molar-refractivity contribution < 1.29 is 27.5 Å². The van der Waals surface area contributed by atoms with Gasteiger partial charge in [-0.15, -0.1) is 0 Å². The van der Waals surface area contributed by atoms with Crippen LogP contribution in [0.25, 0.3) is 10.9 Å². The van der Waals surface area contributed by atoms with E-state index in [0.717, 1.165) is 38.1 Å². The molecule has 1 fully saturated rings. The molecule has 2 heterocycles. The fourth-order valence-corrected chi connectivity index (χ4v) is 4.39. The van der Waals surface area contributed by atoms with Gasteiger partial charge in [-0.2, -0.15) is 13.2 Å². The van der Waals surface area contributed by atoms with Crippen molar-refractivity contribution in [1.82, 2.24) is 14.5 Å². The number of likely N-dealkylation sites (tertiary alicyclic amines) is 1. The highest BCUT2D eigenvalue weighted by atomic mass is 19.4. The lowest BCUT2D eigenvalue weighted by Crippen LogP contribution is -2.34. The van der Waals surface area contributed by atoms with Crippen molar-refractivity contribution in [3.63, 3.8) is 0 Å². The molecule has 2 N–H and O–H groups in total. The molecule has 202 valence electrons. The van der Waals surface area contributed by atoms with Crippen molar-refractivity contribution in [2.45, 2.75) is 38.5 Å². The first kappa shape index (κ1) is 27.3. The number of carbonyl (C=O) groups is 2. The van der Waals surface area contributed by atoms with E-state index in [1.165, 1.54) is 24.6 Å². The number of nitrogens with one attached hydrogen (secondary N) is 2. The quantitative estimate of drug-likeness (QED) is 0.417. The second-order valence-corrected chi connectivity index (χ2v) is 9.03. The molecule has 1 saturated heterocycles. The lowest BCUT2D eigenvalue weighted by atomic mass is 10.1. The zero-order chi connectivity index (χ0) is 27.3. The number of ketones is 1. The molecule has 2 amide bonds. The molecule has 1 aromatic heterocycles. The number of ether oxygens (including phenoxy) is 1. The molecule has 3 aromatic rings. The Labute approximate surface area is 216 Å². The maximum absolute atomic E-state index is 13.4. The second kappa shape index (κ2) is 11.7. The zero-order valence-corrected chi connectivity index (χ0v) is 20.8. The smallest absolute Gasteiger partial charge is 0.383 e. The van der Waals surface area contributed by atoms with E-state index in [1.807, 2.05) is 0 Å². The number of anilines is 2. The average molecular weight is 532 g/mol. The van der Waals surface area contributed by atoms with Crippen molar-refractivity contribution in [3.05, 3.63) is 64.2 Å². The first-order valence-corrected chi connectivity index (χ1v) is 12.2. The topological polar surface area (TPSA) is 106 Å². The van der Waals surface area contributed by atoms with Gasteiger partial charge in [0.25, 0.3) is 11.3 Å². The maximum Gasteiger partial charge on any atom is 0.454 e. The Morgan fingerprint density at radius 2 is 1.74 bits per heavy atom. The van der Waals surface area contributed by atoms with E-state index in [-0.39, 0.29) is 11.2 Å². The molecular weight excluding hydrogens is 503 g/mol. The minimum absolute atomic E-state index is 0.00401. The largest absolute Gasteiger partial charge is 0.454 e. The number of urea groups is 1. The van der Waals surface area contributed by atoms with E-state index in [2.05, 4.69) is 15.5 Å². The number of benzene rings is 2. The summed E-state index contributed by atoms with van der Waals surface area (Å²) in [5.41, 5.74) is -0.0756. The van der Waals surface area contributed by atoms with E-state index < -0.39 is 23.6 Å². The number of Topliss-reactive ketones (excluding diaryl/α,β-unsaturated/α-hetero) is 1. The van der Waals surface area contributed by atoms with Crippen LogP contribution in [-0.2, 0) is 17.8 Å². The minimum atomic E-state index is -5.02. The molecule has 0 atom stereocenters. The summed E-state index contributed by atoms with van der Waals surface area (Å²) in [6, 6.07) is 8.52. The van der Waals surface area contributed by atoms with Crippen LogP contribution >= 0.6 is 0 Å². The van der Waals surface area contributed by atoms with E-state index in [9.17, 15) is 27.6 Å².